The molecule has 3 heterocycles. The molecule has 7 nitrogen and oxygen atoms in total. The number of carbonyl (C=O) groups is 1. The second kappa shape index (κ2) is 6.76. The second-order valence-corrected chi connectivity index (χ2v) is 6.44. The average molecular weight is 341 g/mol. The van der Waals surface area contributed by atoms with Gasteiger partial charge in [0.1, 0.15) is 5.75 Å². The highest BCUT2D eigenvalue weighted by Crippen LogP contribution is 2.23. The fourth-order valence-electron chi connectivity index (χ4n) is 3.53. The van der Waals surface area contributed by atoms with E-state index in [0.29, 0.717) is 18.8 Å². The number of ether oxygens (including phenoxy) is 1. The molecular weight excluding hydrogens is 318 g/mol. The molecule has 0 bridgehead atoms. The van der Waals surface area contributed by atoms with Crippen LogP contribution in [0.2, 0.25) is 0 Å². The minimum atomic E-state index is 0.0338. The molecule has 132 valence electrons. The molecule has 2 aliphatic heterocycles. The number of nitrogens with one attached hydrogen (secondary N) is 2. The van der Waals surface area contributed by atoms with Crippen molar-refractivity contribution in [1.82, 2.24) is 20.4 Å². The van der Waals surface area contributed by atoms with E-state index in [0.717, 1.165) is 55.3 Å². The molecule has 1 aromatic carbocycles. The van der Waals surface area contributed by atoms with Gasteiger partial charge in [0, 0.05) is 68.7 Å². The van der Waals surface area contributed by atoms with E-state index in [4.69, 9.17) is 4.74 Å². The van der Waals surface area contributed by atoms with Gasteiger partial charge in [-0.25, -0.2) is 0 Å². The van der Waals surface area contributed by atoms with Gasteiger partial charge < -0.3 is 19.9 Å². The molecule has 2 aromatic rings. The lowest BCUT2D eigenvalue weighted by Gasteiger charge is -2.36. The molecule has 0 saturated carbocycles. The molecule has 2 N–H and O–H groups in total. The number of rotatable bonds is 3. The van der Waals surface area contributed by atoms with Crippen molar-refractivity contribution in [2.24, 2.45) is 0 Å². The number of H-pyrrole nitrogens is 1. The van der Waals surface area contributed by atoms with Gasteiger partial charge in [-0.1, -0.05) is 6.07 Å². The number of anilines is 1. The van der Waals surface area contributed by atoms with E-state index in [1.165, 1.54) is 0 Å². The molecular formula is C18H23N5O2. The van der Waals surface area contributed by atoms with Crippen molar-refractivity contribution in [2.75, 3.05) is 44.7 Å². The third-order valence-corrected chi connectivity index (χ3v) is 4.99. The van der Waals surface area contributed by atoms with Crippen molar-refractivity contribution in [3.8, 4) is 5.75 Å². The Morgan fingerprint density at radius 3 is 2.88 bits per heavy atom. The molecule has 0 atom stereocenters. The number of fused-ring (bicyclic) bond motifs is 1. The van der Waals surface area contributed by atoms with E-state index in [-0.39, 0.29) is 5.91 Å². The van der Waals surface area contributed by atoms with Gasteiger partial charge in [0.2, 0.25) is 0 Å². The molecule has 1 fully saturated rings. The summed E-state index contributed by atoms with van der Waals surface area (Å²) in [6, 6.07) is 8.05. The molecule has 1 amide bonds. The van der Waals surface area contributed by atoms with Crippen LogP contribution in [0.1, 0.15) is 21.7 Å². The number of aromatic amines is 1. The lowest BCUT2D eigenvalue weighted by Crippen LogP contribution is -2.49. The molecule has 0 unspecified atom stereocenters. The zero-order valence-electron chi connectivity index (χ0n) is 14.4. The number of piperazine rings is 1. The minimum absolute atomic E-state index is 0.0338. The normalized spacial score (nSPS) is 17.3. The Morgan fingerprint density at radius 1 is 1.24 bits per heavy atom. The molecule has 1 aromatic heterocycles. The van der Waals surface area contributed by atoms with Crippen molar-refractivity contribution >= 4 is 11.6 Å². The van der Waals surface area contributed by atoms with E-state index in [1.807, 2.05) is 23.1 Å². The molecule has 1 saturated heterocycles. The first-order valence-corrected chi connectivity index (χ1v) is 8.71. The van der Waals surface area contributed by atoms with Crippen LogP contribution in [0.25, 0.3) is 0 Å². The smallest absolute Gasteiger partial charge is 0.274 e. The Balaban J connectivity index is 1.43. The standard InChI is InChI=1S/C18H23N5O2/c1-25-14-4-2-3-13(11-14)22-7-9-23(10-8-22)18(24)17-15-12-19-6-5-16(15)20-21-17/h2-4,11,19H,5-10,12H2,1H3,(H,20,21). The summed E-state index contributed by atoms with van der Waals surface area (Å²) in [6.45, 7) is 4.67. The van der Waals surface area contributed by atoms with Crippen LogP contribution in [-0.4, -0.2) is 60.8 Å². The maximum atomic E-state index is 12.9. The Bertz CT molecular complexity index is 765. The van der Waals surface area contributed by atoms with Gasteiger partial charge >= 0.3 is 0 Å². The fourth-order valence-corrected chi connectivity index (χ4v) is 3.53. The number of methoxy groups -OCH3 is 1. The van der Waals surface area contributed by atoms with Crippen LogP contribution < -0.4 is 15.0 Å². The average Bonchev–Trinajstić information content (AvgIpc) is 3.12. The molecule has 0 radical (unpaired) electrons. The minimum Gasteiger partial charge on any atom is -0.497 e. The SMILES string of the molecule is COc1cccc(N2CCN(C(=O)c3n[nH]c4c3CNCC4)CC2)c1. The van der Waals surface area contributed by atoms with Crippen molar-refractivity contribution in [1.29, 1.82) is 0 Å². The van der Waals surface area contributed by atoms with Crippen LogP contribution in [0.5, 0.6) is 5.75 Å². The Kier molecular flexibility index (Phi) is 4.31. The predicted molar refractivity (Wildman–Crippen MR) is 95.1 cm³/mol. The largest absolute Gasteiger partial charge is 0.497 e. The number of hydrogen-bond donors (Lipinski definition) is 2. The predicted octanol–water partition coefficient (Wildman–Crippen LogP) is 1.03. The van der Waals surface area contributed by atoms with Gasteiger partial charge in [-0.15, -0.1) is 0 Å². The molecule has 0 spiro atoms. The first-order chi connectivity index (χ1) is 12.3. The first kappa shape index (κ1) is 16.0. The van der Waals surface area contributed by atoms with Crippen molar-refractivity contribution < 1.29 is 9.53 Å². The van der Waals surface area contributed by atoms with Gasteiger partial charge in [-0.3, -0.25) is 9.89 Å². The van der Waals surface area contributed by atoms with Crippen molar-refractivity contribution in [2.45, 2.75) is 13.0 Å². The zero-order chi connectivity index (χ0) is 17.2. The lowest BCUT2D eigenvalue weighted by atomic mass is 10.1. The van der Waals surface area contributed by atoms with Gasteiger partial charge in [0.15, 0.2) is 5.69 Å². The van der Waals surface area contributed by atoms with E-state index >= 15 is 0 Å². The van der Waals surface area contributed by atoms with Gasteiger partial charge in [0.05, 0.1) is 7.11 Å². The summed E-state index contributed by atoms with van der Waals surface area (Å²) in [5.41, 5.74) is 3.84. The van der Waals surface area contributed by atoms with Crippen LogP contribution in [0, 0.1) is 0 Å². The Morgan fingerprint density at radius 2 is 2.08 bits per heavy atom. The third kappa shape index (κ3) is 3.07. The second-order valence-electron chi connectivity index (χ2n) is 6.44. The Hall–Kier alpha value is -2.54. The summed E-state index contributed by atoms with van der Waals surface area (Å²) in [4.78, 5) is 17.0. The van der Waals surface area contributed by atoms with Gasteiger partial charge in [-0.05, 0) is 12.1 Å². The summed E-state index contributed by atoms with van der Waals surface area (Å²) in [5.74, 6) is 0.887. The van der Waals surface area contributed by atoms with E-state index < -0.39 is 0 Å². The third-order valence-electron chi connectivity index (χ3n) is 4.99. The van der Waals surface area contributed by atoms with Gasteiger partial charge in [-0.2, -0.15) is 5.10 Å². The summed E-state index contributed by atoms with van der Waals surface area (Å²) >= 11 is 0. The number of hydrogen-bond acceptors (Lipinski definition) is 5. The lowest BCUT2D eigenvalue weighted by molar-refractivity contribution is 0.0739. The number of amides is 1. The van der Waals surface area contributed by atoms with Crippen LogP contribution in [0.4, 0.5) is 5.69 Å². The number of aromatic nitrogens is 2. The molecule has 4 rings (SSSR count). The van der Waals surface area contributed by atoms with Crippen molar-refractivity contribution in [3.63, 3.8) is 0 Å². The zero-order valence-corrected chi connectivity index (χ0v) is 14.4. The van der Waals surface area contributed by atoms with E-state index in [9.17, 15) is 4.79 Å². The summed E-state index contributed by atoms with van der Waals surface area (Å²) in [6.07, 6.45) is 0.902. The van der Waals surface area contributed by atoms with Crippen LogP contribution in [0.15, 0.2) is 24.3 Å². The maximum Gasteiger partial charge on any atom is 0.274 e. The van der Waals surface area contributed by atoms with Crippen LogP contribution in [-0.2, 0) is 13.0 Å². The van der Waals surface area contributed by atoms with Crippen molar-refractivity contribution in [3.05, 3.63) is 41.2 Å². The van der Waals surface area contributed by atoms with Gasteiger partial charge in [0.25, 0.3) is 5.91 Å². The highest BCUT2D eigenvalue weighted by atomic mass is 16.5. The fraction of sp³-hybridized carbons (Fsp3) is 0.444. The quantitative estimate of drug-likeness (QED) is 0.872. The molecule has 0 aliphatic carbocycles. The summed E-state index contributed by atoms with van der Waals surface area (Å²) in [5, 5.41) is 10.6. The topological polar surface area (TPSA) is 73.5 Å². The number of nitrogens with zero attached hydrogens (tertiary/aromatic N) is 3. The highest BCUT2D eigenvalue weighted by Gasteiger charge is 2.28. The maximum absolute atomic E-state index is 12.9. The molecule has 2 aliphatic rings. The first-order valence-electron chi connectivity index (χ1n) is 8.71. The summed E-state index contributed by atoms with van der Waals surface area (Å²) in [7, 11) is 1.68. The summed E-state index contributed by atoms with van der Waals surface area (Å²) < 4.78 is 5.30. The van der Waals surface area contributed by atoms with Crippen LogP contribution >= 0.6 is 0 Å². The Labute approximate surface area is 147 Å². The molecule has 25 heavy (non-hydrogen) atoms. The number of benzene rings is 1. The number of carbonyl (C=O) groups excluding carboxylic acids is 1. The monoisotopic (exact) mass is 341 g/mol. The molecule has 7 heteroatoms. The van der Waals surface area contributed by atoms with E-state index in [1.54, 1.807) is 7.11 Å². The highest BCUT2D eigenvalue weighted by molar-refractivity contribution is 5.94. The van der Waals surface area contributed by atoms with E-state index in [2.05, 4.69) is 26.5 Å². The van der Waals surface area contributed by atoms with Crippen LogP contribution in [0.3, 0.4) is 0 Å².